The summed E-state index contributed by atoms with van der Waals surface area (Å²) < 4.78 is 5.18. The van der Waals surface area contributed by atoms with Gasteiger partial charge in [0, 0.05) is 0 Å². The number of primary amides is 1. The molecule has 2 aliphatic heterocycles. The van der Waals surface area contributed by atoms with E-state index in [1.165, 1.54) is 12.8 Å². The highest BCUT2D eigenvalue weighted by atomic mass is 16.5. The molecule has 1 aromatic rings. The van der Waals surface area contributed by atoms with Gasteiger partial charge in [0.25, 0.3) is 0 Å². The van der Waals surface area contributed by atoms with Crippen LogP contribution in [0, 0.1) is 17.8 Å². The first-order chi connectivity index (χ1) is 13.9. The van der Waals surface area contributed by atoms with Gasteiger partial charge in [-0.3, -0.25) is 4.79 Å². The van der Waals surface area contributed by atoms with Crippen molar-refractivity contribution in [3.05, 3.63) is 29.3 Å². The molecule has 29 heavy (non-hydrogen) atoms. The monoisotopic (exact) mass is 399 g/mol. The van der Waals surface area contributed by atoms with Crippen molar-refractivity contribution < 1.29 is 14.3 Å². The molecule has 2 amide bonds. The lowest BCUT2D eigenvalue weighted by Gasteiger charge is -2.46. The van der Waals surface area contributed by atoms with Crippen molar-refractivity contribution in [1.82, 2.24) is 10.6 Å². The molecule has 1 aliphatic carbocycles. The second-order valence-electron chi connectivity index (χ2n) is 9.37. The molecule has 1 saturated carbocycles. The summed E-state index contributed by atoms with van der Waals surface area (Å²) in [6.45, 7) is 6.26. The van der Waals surface area contributed by atoms with Gasteiger partial charge in [0.05, 0.1) is 11.5 Å². The topological polar surface area (TPSA) is 93.4 Å². The summed E-state index contributed by atoms with van der Waals surface area (Å²) in [6.07, 6.45) is 5.40. The lowest BCUT2D eigenvalue weighted by Crippen LogP contribution is -2.56. The fourth-order valence-corrected chi connectivity index (χ4v) is 5.76. The van der Waals surface area contributed by atoms with E-state index in [0.717, 1.165) is 55.8 Å². The Morgan fingerprint density at radius 3 is 2.48 bits per heavy atom. The molecule has 1 atom stereocenters. The van der Waals surface area contributed by atoms with E-state index < -0.39 is 11.5 Å². The molecule has 0 bridgehead atoms. The maximum Gasteiger partial charge on any atom is 0.409 e. The SMILES string of the molecule is CC(C)C1CCC(C2NC(=O)C3(CCNCC3)c3ccc(OC(N)=O)cc32)CC1. The Kier molecular flexibility index (Phi) is 5.56. The third-order valence-electron chi connectivity index (χ3n) is 7.50. The molecule has 6 nitrogen and oxygen atoms in total. The lowest BCUT2D eigenvalue weighted by atomic mass is 9.64. The minimum absolute atomic E-state index is 0.0254. The molecule has 2 heterocycles. The van der Waals surface area contributed by atoms with Crippen LogP contribution in [0.5, 0.6) is 5.75 Å². The van der Waals surface area contributed by atoms with Gasteiger partial charge in [-0.15, -0.1) is 0 Å². The first kappa shape index (κ1) is 20.2. The summed E-state index contributed by atoms with van der Waals surface area (Å²) in [5.41, 5.74) is 6.97. The number of fused-ring (bicyclic) bond motifs is 2. The number of nitrogens with one attached hydrogen (secondary N) is 2. The standard InChI is InChI=1S/C23H33N3O3/c1-14(2)15-3-5-16(6-4-15)20-18-13-17(29-22(24)28)7-8-19(18)23(21(27)26-20)9-11-25-12-10-23/h7-8,13-16,20,25H,3-6,9-12H2,1-2H3,(H2,24,28)(H,26,27). The number of carbonyl (C=O) groups is 2. The van der Waals surface area contributed by atoms with Gasteiger partial charge in [0.15, 0.2) is 0 Å². The molecular formula is C23H33N3O3. The van der Waals surface area contributed by atoms with E-state index in [0.29, 0.717) is 17.6 Å². The molecule has 1 saturated heterocycles. The highest BCUT2D eigenvalue weighted by Gasteiger charge is 2.49. The molecule has 2 fully saturated rings. The number of hydrogen-bond acceptors (Lipinski definition) is 4. The minimum Gasteiger partial charge on any atom is -0.410 e. The number of rotatable bonds is 3. The number of carbonyl (C=O) groups excluding carboxylic acids is 2. The fourth-order valence-electron chi connectivity index (χ4n) is 5.76. The Hall–Kier alpha value is -2.08. The Morgan fingerprint density at radius 1 is 1.17 bits per heavy atom. The predicted molar refractivity (Wildman–Crippen MR) is 112 cm³/mol. The minimum atomic E-state index is -0.810. The van der Waals surface area contributed by atoms with E-state index >= 15 is 0 Å². The molecule has 0 radical (unpaired) electrons. The van der Waals surface area contributed by atoms with Crippen LogP contribution in [0.2, 0.25) is 0 Å². The van der Waals surface area contributed by atoms with Gasteiger partial charge < -0.3 is 21.1 Å². The number of amides is 2. The maximum atomic E-state index is 13.4. The third-order valence-corrected chi connectivity index (χ3v) is 7.50. The quantitative estimate of drug-likeness (QED) is 0.726. The molecule has 1 unspecified atom stereocenters. The molecule has 4 rings (SSSR count). The molecule has 1 aromatic carbocycles. The van der Waals surface area contributed by atoms with Crippen molar-refractivity contribution in [3.8, 4) is 5.75 Å². The summed E-state index contributed by atoms with van der Waals surface area (Å²) in [4.78, 5) is 24.7. The van der Waals surface area contributed by atoms with Crippen LogP contribution in [0.4, 0.5) is 4.79 Å². The van der Waals surface area contributed by atoms with Gasteiger partial charge in [-0.05, 0) is 92.6 Å². The Balaban J connectivity index is 1.69. The van der Waals surface area contributed by atoms with Crippen LogP contribution < -0.4 is 21.1 Å². The largest absolute Gasteiger partial charge is 0.410 e. The smallest absolute Gasteiger partial charge is 0.409 e. The third kappa shape index (κ3) is 3.75. The van der Waals surface area contributed by atoms with Gasteiger partial charge in [-0.25, -0.2) is 4.79 Å². The predicted octanol–water partition coefficient (Wildman–Crippen LogP) is 3.40. The van der Waals surface area contributed by atoms with E-state index in [1.807, 2.05) is 12.1 Å². The number of hydrogen-bond donors (Lipinski definition) is 3. The molecular weight excluding hydrogens is 366 g/mol. The average molecular weight is 400 g/mol. The summed E-state index contributed by atoms with van der Waals surface area (Å²) in [5.74, 6) is 2.50. The first-order valence-corrected chi connectivity index (χ1v) is 11.0. The van der Waals surface area contributed by atoms with Crippen molar-refractivity contribution in [2.75, 3.05) is 13.1 Å². The van der Waals surface area contributed by atoms with Crippen LogP contribution in [-0.4, -0.2) is 25.1 Å². The zero-order chi connectivity index (χ0) is 20.6. The Bertz CT molecular complexity index is 778. The van der Waals surface area contributed by atoms with Crippen molar-refractivity contribution in [1.29, 1.82) is 0 Å². The van der Waals surface area contributed by atoms with Gasteiger partial charge in [-0.1, -0.05) is 19.9 Å². The summed E-state index contributed by atoms with van der Waals surface area (Å²) in [5, 5.41) is 6.76. The average Bonchev–Trinajstić information content (AvgIpc) is 2.71. The lowest BCUT2D eigenvalue weighted by molar-refractivity contribution is -0.130. The zero-order valence-electron chi connectivity index (χ0n) is 17.5. The highest BCUT2D eigenvalue weighted by Crippen LogP contribution is 2.48. The highest BCUT2D eigenvalue weighted by molar-refractivity contribution is 5.91. The van der Waals surface area contributed by atoms with Crippen LogP contribution in [0.1, 0.15) is 69.5 Å². The van der Waals surface area contributed by atoms with Crippen LogP contribution in [-0.2, 0) is 10.2 Å². The molecule has 4 N–H and O–H groups in total. The Labute approximate surface area is 172 Å². The van der Waals surface area contributed by atoms with Crippen LogP contribution >= 0.6 is 0 Å². The van der Waals surface area contributed by atoms with E-state index in [2.05, 4.69) is 24.5 Å². The van der Waals surface area contributed by atoms with Gasteiger partial charge in [0.2, 0.25) is 5.91 Å². The molecule has 6 heteroatoms. The van der Waals surface area contributed by atoms with Crippen LogP contribution in [0.3, 0.4) is 0 Å². The van der Waals surface area contributed by atoms with E-state index in [4.69, 9.17) is 10.5 Å². The van der Waals surface area contributed by atoms with Gasteiger partial charge in [0.1, 0.15) is 5.75 Å². The molecule has 158 valence electrons. The number of piperidine rings is 1. The van der Waals surface area contributed by atoms with Gasteiger partial charge >= 0.3 is 6.09 Å². The first-order valence-electron chi connectivity index (χ1n) is 11.0. The number of benzene rings is 1. The summed E-state index contributed by atoms with van der Waals surface area (Å²) in [7, 11) is 0. The van der Waals surface area contributed by atoms with Crippen LogP contribution in [0.15, 0.2) is 18.2 Å². The van der Waals surface area contributed by atoms with E-state index in [-0.39, 0.29) is 11.9 Å². The van der Waals surface area contributed by atoms with Crippen molar-refractivity contribution in [2.24, 2.45) is 23.5 Å². The fraction of sp³-hybridized carbons (Fsp3) is 0.652. The van der Waals surface area contributed by atoms with Gasteiger partial charge in [-0.2, -0.15) is 0 Å². The van der Waals surface area contributed by atoms with E-state index in [9.17, 15) is 9.59 Å². The second kappa shape index (κ2) is 7.98. The molecule has 0 aromatic heterocycles. The number of nitrogens with two attached hydrogens (primary N) is 1. The molecule has 1 spiro atoms. The van der Waals surface area contributed by atoms with Crippen molar-refractivity contribution in [2.45, 2.75) is 63.8 Å². The van der Waals surface area contributed by atoms with E-state index in [1.54, 1.807) is 6.07 Å². The Morgan fingerprint density at radius 2 is 1.86 bits per heavy atom. The summed E-state index contributed by atoms with van der Waals surface area (Å²) in [6, 6.07) is 5.67. The normalized spacial score (nSPS) is 28.7. The van der Waals surface area contributed by atoms with Crippen molar-refractivity contribution >= 4 is 12.0 Å². The molecule has 3 aliphatic rings. The zero-order valence-corrected chi connectivity index (χ0v) is 17.5. The van der Waals surface area contributed by atoms with Crippen molar-refractivity contribution in [3.63, 3.8) is 0 Å². The van der Waals surface area contributed by atoms with Crippen LogP contribution in [0.25, 0.3) is 0 Å². The second-order valence-corrected chi connectivity index (χ2v) is 9.37. The maximum absolute atomic E-state index is 13.4. The summed E-state index contributed by atoms with van der Waals surface area (Å²) >= 11 is 0. The number of ether oxygens (including phenoxy) is 1.